The highest BCUT2D eigenvalue weighted by Crippen LogP contribution is 2.10. The van der Waals surface area contributed by atoms with Gasteiger partial charge in [-0.3, -0.25) is 4.90 Å². The van der Waals surface area contributed by atoms with E-state index in [1.165, 1.54) is 5.56 Å². The molecule has 0 aliphatic carbocycles. The zero-order chi connectivity index (χ0) is 11.9. The van der Waals surface area contributed by atoms with Gasteiger partial charge in [0, 0.05) is 32.7 Å². The first kappa shape index (κ1) is 12.1. The second-order valence-electron chi connectivity index (χ2n) is 4.39. The Morgan fingerprint density at radius 3 is 2.53 bits per heavy atom. The number of rotatable bonds is 4. The van der Waals surface area contributed by atoms with Gasteiger partial charge >= 0.3 is 0 Å². The fraction of sp³-hybridized carbons (Fsp3) is 0.429. The minimum Gasteiger partial charge on any atom is -0.508 e. The quantitative estimate of drug-likeness (QED) is 0.770. The molecule has 1 aliphatic heterocycles. The lowest BCUT2D eigenvalue weighted by atomic mass is 10.1. The van der Waals surface area contributed by atoms with E-state index in [0.29, 0.717) is 5.75 Å². The Morgan fingerprint density at radius 2 is 1.82 bits per heavy atom. The molecular formula is C14H20N2O. The van der Waals surface area contributed by atoms with Crippen LogP contribution in [0.15, 0.2) is 36.4 Å². The van der Waals surface area contributed by atoms with Gasteiger partial charge in [0.2, 0.25) is 0 Å². The van der Waals surface area contributed by atoms with Crippen molar-refractivity contribution in [3.05, 3.63) is 42.0 Å². The Morgan fingerprint density at radius 1 is 1.12 bits per heavy atom. The highest BCUT2D eigenvalue weighted by molar-refractivity contribution is 5.27. The lowest BCUT2D eigenvalue weighted by Gasteiger charge is -2.25. The van der Waals surface area contributed by atoms with Gasteiger partial charge in [0.1, 0.15) is 5.75 Å². The summed E-state index contributed by atoms with van der Waals surface area (Å²) in [5.41, 5.74) is 1.24. The number of phenols is 1. The van der Waals surface area contributed by atoms with E-state index in [4.69, 9.17) is 5.11 Å². The van der Waals surface area contributed by atoms with Gasteiger partial charge in [-0.05, 0) is 24.1 Å². The molecule has 0 radical (unpaired) electrons. The maximum Gasteiger partial charge on any atom is 0.115 e. The Bertz CT molecular complexity index is 353. The van der Waals surface area contributed by atoms with E-state index in [2.05, 4.69) is 22.4 Å². The highest BCUT2D eigenvalue weighted by Gasteiger charge is 2.06. The summed E-state index contributed by atoms with van der Waals surface area (Å²) in [6.45, 7) is 5.53. The topological polar surface area (TPSA) is 35.5 Å². The van der Waals surface area contributed by atoms with E-state index < -0.39 is 0 Å². The van der Waals surface area contributed by atoms with Crippen molar-refractivity contribution in [1.29, 1.82) is 0 Å². The number of allylic oxidation sites excluding steroid dienone is 1. The molecule has 92 valence electrons. The molecule has 1 saturated heterocycles. The molecule has 3 nitrogen and oxygen atoms in total. The van der Waals surface area contributed by atoms with Crippen molar-refractivity contribution in [2.45, 2.75) is 6.42 Å². The third kappa shape index (κ3) is 4.21. The maximum absolute atomic E-state index is 9.17. The van der Waals surface area contributed by atoms with Crippen molar-refractivity contribution in [3.8, 4) is 5.75 Å². The Kier molecular flexibility index (Phi) is 4.59. The molecule has 0 spiro atoms. The van der Waals surface area contributed by atoms with Crippen LogP contribution >= 0.6 is 0 Å². The van der Waals surface area contributed by atoms with Crippen LogP contribution < -0.4 is 5.32 Å². The number of phenolic OH excluding ortho intramolecular Hbond substituents is 1. The predicted octanol–water partition coefficient (Wildman–Crippen LogP) is 1.40. The minimum absolute atomic E-state index is 0.332. The number of hydrogen-bond acceptors (Lipinski definition) is 3. The second kappa shape index (κ2) is 6.42. The average molecular weight is 232 g/mol. The molecule has 2 N–H and O–H groups in total. The molecule has 2 rings (SSSR count). The summed E-state index contributed by atoms with van der Waals surface area (Å²) < 4.78 is 0. The third-order valence-corrected chi connectivity index (χ3v) is 3.03. The standard InChI is InChI=1S/C14H20N2O/c17-14-6-4-13(5-7-14)3-1-2-10-16-11-8-15-9-12-16/h1-2,4-7,15,17H,3,8-12H2/b2-1-. The van der Waals surface area contributed by atoms with Gasteiger partial charge < -0.3 is 10.4 Å². The van der Waals surface area contributed by atoms with Crippen LogP contribution in [0.4, 0.5) is 0 Å². The van der Waals surface area contributed by atoms with Crippen molar-refractivity contribution < 1.29 is 5.11 Å². The zero-order valence-corrected chi connectivity index (χ0v) is 10.1. The number of aromatic hydroxyl groups is 1. The third-order valence-electron chi connectivity index (χ3n) is 3.03. The summed E-state index contributed by atoms with van der Waals surface area (Å²) in [7, 11) is 0. The number of hydrogen-bond donors (Lipinski definition) is 2. The second-order valence-corrected chi connectivity index (χ2v) is 4.39. The van der Waals surface area contributed by atoms with Gasteiger partial charge in [0.25, 0.3) is 0 Å². The first-order valence-corrected chi connectivity index (χ1v) is 6.20. The molecule has 1 fully saturated rings. The molecule has 1 aromatic carbocycles. The number of nitrogens with one attached hydrogen (secondary N) is 1. The summed E-state index contributed by atoms with van der Waals surface area (Å²) in [6, 6.07) is 7.40. The summed E-state index contributed by atoms with van der Waals surface area (Å²) in [4.78, 5) is 2.45. The molecule has 1 aromatic rings. The van der Waals surface area contributed by atoms with E-state index in [0.717, 1.165) is 39.1 Å². The van der Waals surface area contributed by atoms with Crippen LogP contribution in [0.25, 0.3) is 0 Å². The van der Waals surface area contributed by atoms with Crippen LogP contribution in [0.3, 0.4) is 0 Å². The molecule has 3 heteroatoms. The first-order valence-electron chi connectivity index (χ1n) is 6.20. The van der Waals surface area contributed by atoms with Crippen molar-refractivity contribution in [3.63, 3.8) is 0 Å². The number of benzene rings is 1. The largest absolute Gasteiger partial charge is 0.508 e. The van der Waals surface area contributed by atoms with Gasteiger partial charge in [-0.25, -0.2) is 0 Å². The van der Waals surface area contributed by atoms with E-state index >= 15 is 0 Å². The molecular weight excluding hydrogens is 212 g/mol. The Labute approximate surface area is 103 Å². The van der Waals surface area contributed by atoms with Gasteiger partial charge in [-0.1, -0.05) is 24.3 Å². The fourth-order valence-corrected chi connectivity index (χ4v) is 1.97. The number of piperazine rings is 1. The van der Waals surface area contributed by atoms with Crippen molar-refractivity contribution in [2.75, 3.05) is 32.7 Å². The van der Waals surface area contributed by atoms with E-state index in [9.17, 15) is 0 Å². The predicted molar refractivity (Wildman–Crippen MR) is 70.3 cm³/mol. The van der Waals surface area contributed by atoms with Crippen LogP contribution in [0, 0.1) is 0 Å². The molecule has 0 amide bonds. The molecule has 0 bridgehead atoms. The summed E-state index contributed by atoms with van der Waals surface area (Å²) in [5.74, 6) is 0.332. The minimum atomic E-state index is 0.332. The smallest absolute Gasteiger partial charge is 0.115 e. The average Bonchev–Trinajstić information content (AvgIpc) is 2.38. The van der Waals surface area contributed by atoms with Crippen molar-refractivity contribution in [2.24, 2.45) is 0 Å². The van der Waals surface area contributed by atoms with Crippen LogP contribution in [-0.2, 0) is 6.42 Å². The summed E-state index contributed by atoms with van der Waals surface area (Å²) in [6.07, 6.45) is 5.37. The summed E-state index contributed by atoms with van der Waals surface area (Å²) >= 11 is 0. The molecule has 1 heterocycles. The van der Waals surface area contributed by atoms with E-state index in [1.54, 1.807) is 12.1 Å². The lowest BCUT2D eigenvalue weighted by Crippen LogP contribution is -2.43. The molecule has 1 aliphatic rings. The molecule has 0 saturated carbocycles. The molecule has 0 aromatic heterocycles. The molecule has 0 unspecified atom stereocenters. The van der Waals surface area contributed by atoms with E-state index in [1.807, 2.05) is 12.1 Å². The van der Waals surface area contributed by atoms with Gasteiger partial charge in [-0.2, -0.15) is 0 Å². The van der Waals surface area contributed by atoms with Gasteiger partial charge in [0.15, 0.2) is 0 Å². The molecule has 17 heavy (non-hydrogen) atoms. The van der Waals surface area contributed by atoms with Crippen LogP contribution in [0.1, 0.15) is 5.56 Å². The van der Waals surface area contributed by atoms with Gasteiger partial charge in [-0.15, -0.1) is 0 Å². The Hall–Kier alpha value is -1.32. The maximum atomic E-state index is 9.17. The summed E-state index contributed by atoms with van der Waals surface area (Å²) in [5, 5.41) is 12.5. The Balaban J connectivity index is 1.72. The highest BCUT2D eigenvalue weighted by atomic mass is 16.3. The SMILES string of the molecule is Oc1ccc(C/C=C\CN2CCNCC2)cc1. The zero-order valence-electron chi connectivity index (χ0n) is 10.1. The lowest BCUT2D eigenvalue weighted by molar-refractivity contribution is 0.264. The fourth-order valence-electron chi connectivity index (χ4n) is 1.97. The van der Waals surface area contributed by atoms with Crippen molar-refractivity contribution >= 4 is 0 Å². The van der Waals surface area contributed by atoms with Crippen LogP contribution in [0.5, 0.6) is 5.75 Å². The van der Waals surface area contributed by atoms with Crippen LogP contribution in [0.2, 0.25) is 0 Å². The van der Waals surface area contributed by atoms with Crippen LogP contribution in [-0.4, -0.2) is 42.7 Å². The monoisotopic (exact) mass is 232 g/mol. The van der Waals surface area contributed by atoms with E-state index in [-0.39, 0.29) is 0 Å². The molecule has 0 atom stereocenters. The first-order chi connectivity index (χ1) is 8.34. The van der Waals surface area contributed by atoms with Crippen molar-refractivity contribution in [1.82, 2.24) is 10.2 Å². The van der Waals surface area contributed by atoms with Gasteiger partial charge in [0.05, 0.1) is 0 Å². The normalized spacial score (nSPS) is 17.6. The number of nitrogens with zero attached hydrogens (tertiary/aromatic N) is 1.